The van der Waals surface area contributed by atoms with E-state index in [1.54, 1.807) is 6.07 Å². The molecular weight excluding hydrogens is 217 g/mol. The van der Waals surface area contributed by atoms with Crippen LogP contribution in [0.2, 0.25) is 0 Å². The van der Waals surface area contributed by atoms with Crippen molar-refractivity contribution in [1.29, 1.82) is 0 Å². The van der Waals surface area contributed by atoms with Crippen LogP contribution in [0.1, 0.15) is 24.0 Å². The van der Waals surface area contributed by atoms with Gasteiger partial charge in [0.05, 0.1) is 6.10 Å². The molecule has 0 bridgehead atoms. The van der Waals surface area contributed by atoms with Gasteiger partial charge in [-0.2, -0.15) is 0 Å². The summed E-state index contributed by atoms with van der Waals surface area (Å²) in [7, 11) is 2.05. The Kier molecular flexibility index (Phi) is 3.79. The summed E-state index contributed by atoms with van der Waals surface area (Å²) in [5, 5.41) is 9.23. The van der Waals surface area contributed by atoms with Crippen LogP contribution in [-0.4, -0.2) is 29.7 Å². The highest BCUT2D eigenvalue weighted by molar-refractivity contribution is 5.26. The smallest absolute Gasteiger partial charge is 0.123 e. The number of hydrogen-bond donors (Lipinski definition) is 1. The zero-order valence-electron chi connectivity index (χ0n) is 10.5. The lowest BCUT2D eigenvalue weighted by Crippen LogP contribution is -2.36. The van der Waals surface area contributed by atoms with Crippen LogP contribution in [0.5, 0.6) is 0 Å². The average Bonchev–Trinajstić information content (AvgIpc) is 2.21. The van der Waals surface area contributed by atoms with Crippen LogP contribution in [0.15, 0.2) is 18.2 Å². The molecule has 94 valence electrons. The summed E-state index contributed by atoms with van der Waals surface area (Å²) >= 11 is 0. The van der Waals surface area contributed by atoms with E-state index in [1.165, 1.54) is 6.07 Å². The summed E-state index contributed by atoms with van der Waals surface area (Å²) in [6.45, 7) is 3.76. The van der Waals surface area contributed by atoms with Gasteiger partial charge in [0.15, 0.2) is 0 Å². The van der Waals surface area contributed by atoms with E-state index in [9.17, 15) is 9.50 Å². The maximum atomic E-state index is 13.1. The molecule has 1 aliphatic carbocycles. The van der Waals surface area contributed by atoms with Crippen molar-refractivity contribution in [2.45, 2.75) is 32.4 Å². The first kappa shape index (κ1) is 12.5. The zero-order chi connectivity index (χ0) is 12.4. The minimum absolute atomic E-state index is 0.0932. The standard InChI is InChI=1S/C14H20FNO/c1-10-3-4-13(15)7-12(10)9-16(2)8-11-5-14(17)6-11/h3-4,7,11,14,17H,5-6,8-9H2,1-2H3. The largest absolute Gasteiger partial charge is 0.393 e. The molecule has 0 aromatic heterocycles. The molecule has 2 nitrogen and oxygen atoms in total. The zero-order valence-corrected chi connectivity index (χ0v) is 10.5. The minimum Gasteiger partial charge on any atom is -0.393 e. The van der Waals surface area contributed by atoms with Crippen LogP contribution in [0.4, 0.5) is 4.39 Å². The molecule has 3 heteroatoms. The second kappa shape index (κ2) is 5.15. The Labute approximate surface area is 102 Å². The number of halogens is 1. The van der Waals surface area contributed by atoms with Crippen molar-refractivity contribution in [3.05, 3.63) is 35.1 Å². The quantitative estimate of drug-likeness (QED) is 0.869. The van der Waals surface area contributed by atoms with Crippen LogP contribution in [0.3, 0.4) is 0 Å². The average molecular weight is 237 g/mol. The van der Waals surface area contributed by atoms with Gasteiger partial charge in [0.1, 0.15) is 5.82 Å². The Bertz CT molecular complexity index is 388. The van der Waals surface area contributed by atoms with Crippen molar-refractivity contribution < 1.29 is 9.50 Å². The number of hydrogen-bond acceptors (Lipinski definition) is 2. The van der Waals surface area contributed by atoms with Gasteiger partial charge < -0.3 is 10.0 Å². The highest BCUT2D eigenvalue weighted by Gasteiger charge is 2.27. The number of nitrogens with zero attached hydrogens (tertiary/aromatic N) is 1. The van der Waals surface area contributed by atoms with E-state index in [2.05, 4.69) is 11.9 Å². The van der Waals surface area contributed by atoms with E-state index in [4.69, 9.17) is 0 Å². The number of benzene rings is 1. The van der Waals surface area contributed by atoms with Gasteiger partial charge in [-0.15, -0.1) is 0 Å². The van der Waals surface area contributed by atoms with Gasteiger partial charge in [-0.1, -0.05) is 6.07 Å². The molecule has 0 atom stereocenters. The number of aryl methyl sites for hydroxylation is 1. The van der Waals surface area contributed by atoms with Gasteiger partial charge in [-0.3, -0.25) is 0 Å². The SMILES string of the molecule is Cc1ccc(F)cc1CN(C)CC1CC(O)C1. The van der Waals surface area contributed by atoms with E-state index in [0.717, 1.165) is 37.1 Å². The summed E-state index contributed by atoms with van der Waals surface area (Å²) in [4.78, 5) is 2.21. The lowest BCUT2D eigenvalue weighted by molar-refractivity contribution is 0.0273. The molecule has 0 radical (unpaired) electrons. The first-order valence-corrected chi connectivity index (χ1v) is 6.16. The van der Waals surface area contributed by atoms with E-state index >= 15 is 0 Å². The monoisotopic (exact) mass is 237 g/mol. The molecule has 0 spiro atoms. The third-order valence-electron chi connectivity index (χ3n) is 3.53. The van der Waals surface area contributed by atoms with Crippen molar-refractivity contribution in [2.24, 2.45) is 5.92 Å². The van der Waals surface area contributed by atoms with Crippen molar-refractivity contribution in [3.8, 4) is 0 Å². The van der Waals surface area contributed by atoms with E-state index in [-0.39, 0.29) is 11.9 Å². The van der Waals surface area contributed by atoms with Crippen LogP contribution in [0.25, 0.3) is 0 Å². The first-order valence-electron chi connectivity index (χ1n) is 6.16. The highest BCUT2D eigenvalue weighted by Crippen LogP contribution is 2.28. The molecule has 17 heavy (non-hydrogen) atoms. The topological polar surface area (TPSA) is 23.5 Å². The molecule has 0 heterocycles. The molecule has 0 amide bonds. The Hall–Kier alpha value is -0.930. The lowest BCUT2D eigenvalue weighted by atomic mass is 9.82. The van der Waals surface area contributed by atoms with Crippen molar-refractivity contribution in [1.82, 2.24) is 4.90 Å². The van der Waals surface area contributed by atoms with Crippen molar-refractivity contribution >= 4 is 0 Å². The fraction of sp³-hybridized carbons (Fsp3) is 0.571. The van der Waals surface area contributed by atoms with Crippen LogP contribution in [0, 0.1) is 18.7 Å². The van der Waals surface area contributed by atoms with Crippen LogP contribution in [-0.2, 0) is 6.54 Å². The fourth-order valence-corrected chi connectivity index (χ4v) is 2.46. The maximum absolute atomic E-state index is 13.1. The van der Waals surface area contributed by atoms with Crippen LogP contribution >= 0.6 is 0 Å². The molecule has 1 aromatic rings. The molecular formula is C14H20FNO. The number of rotatable bonds is 4. The highest BCUT2D eigenvalue weighted by atomic mass is 19.1. The summed E-state index contributed by atoms with van der Waals surface area (Å²) in [6.07, 6.45) is 1.73. The molecule has 2 rings (SSSR count). The normalized spacial score (nSPS) is 23.8. The molecule has 0 saturated heterocycles. The Morgan fingerprint density at radius 3 is 2.76 bits per heavy atom. The number of aliphatic hydroxyl groups excluding tert-OH is 1. The maximum Gasteiger partial charge on any atom is 0.123 e. The predicted octanol–water partition coefficient (Wildman–Crippen LogP) is 2.34. The third kappa shape index (κ3) is 3.27. The van der Waals surface area contributed by atoms with Gasteiger partial charge in [0.2, 0.25) is 0 Å². The van der Waals surface area contributed by atoms with E-state index in [0.29, 0.717) is 5.92 Å². The summed E-state index contributed by atoms with van der Waals surface area (Å²) in [6, 6.07) is 4.94. The Morgan fingerprint density at radius 2 is 2.12 bits per heavy atom. The van der Waals surface area contributed by atoms with Gasteiger partial charge >= 0.3 is 0 Å². The lowest BCUT2D eigenvalue weighted by Gasteiger charge is -2.34. The molecule has 1 fully saturated rings. The van der Waals surface area contributed by atoms with Crippen LogP contribution < -0.4 is 0 Å². The molecule has 1 aromatic carbocycles. The fourth-order valence-electron chi connectivity index (χ4n) is 2.46. The van der Waals surface area contributed by atoms with E-state index in [1.807, 2.05) is 13.0 Å². The molecule has 1 saturated carbocycles. The first-order chi connectivity index (χ1) is 8.04. The van der Waals surface area contributed by atoms with Gasteiger partial charge in [-0.05, 0) is 56.0 Å². The van der Waals surface area contributed by atoms with Gasteiger partial charge in [-0.25, -0.2) is 4.39 Å². The van der Waals surface area contributed by atoms with Crippen molar-refractivity contribution in [2.75, 3.05) is 13.6 Å². The summed E-state index contributed by atoms with van der Waals surface area (Å²) in [5.74, 6) is 0.432. The summed E-state index contributed by atoms with van der Waals surface area (Å²) in [5.41, 5.74) is 2.18. The van der Waals surface area contributed by atoms with Crippen molar-refractivity contribution in [3.63, 3.8) is 0 Å². The molecule has 0 aliphatic heterocycles. The Balaban J connectivity index is 1.89. The van der Waals surface area contributed by atoms with Gasteiger partial charge in [0, 0.05) is 13.1 Å². The Morgan fingerprint density at radius 1 is 1.41 bits per heavy atom. The molecule has 1 N–H and O–H groups in total. The third-order valence-corrected chi connectivity index (χ3v) is 3.53. The van der Waals surface area contributed by atoms with Gasteiger partial charge in [0.25, 0.3) is 0 Å². The molecule has 1 aliphatic rings. The second-order valence-corrected chi connectivity index (χ2v) is 5.26. The summed E-state index contributed by atoms with van der Waals surface area (Å²) < 4.78 is 13.1. The number of aliphatic hydroxyl groups is 1. The predicted molar refractivity (Wildman–Crippen MR) is 66.2 cm³/mol. The minimum atomic E-state index is -0.168. The van der Waals surface area contributed by atoms with E-state index < -0.39 is 0 Å². The second-order valence-electron chi connectivity index (χ2n) is 5.26. The molecule has 0 unspecified atom stereocenters.